The van der Waals surface area contributed by atoms with Gasteiger partial charge in [-0.3, -0.25) is 4.98 Å². The molecule has 0 saturated carbocycles. The van der Waals surface area contributed by atoms with E-state index in [0.29, 0.717) is 12.0 Å². The van der Waals surface area contributed by atoms with E-state index in [1.807, 2.05) is 13.0 Å². The standard InChI is InChI=1S/C14H21NO3Si/c1-6-14(17)11-7-12(19(3,4)5)15-9(2)10(11)8-18-13(14)16/h7,17H,6,8H2,1-5H3/t14-/m0/s1. The Morgan fingerprint density at radius 2 is 2.11 bits per heavy atom. The topological polar surface area (TPSA) is 59.4 Å². The highest BCUT2D eigenvalue weighted by Crippen LogP contribution is 2.34. The first kappa shape index (κ1) is 14.2. The van der Waals surface area contributed by atoms with E-state index >= 15 is 0 Å². The Morgan fingerprint density at radius 3 is 2.63 bits per heavy atom. The van der Waals surface area contributed by atoms with Crippen molar-refractivity contribution in [3.05, 3.63) is 22.9 Å². The summed E-state index contributed by atoms with van der Waals surface area (Å²) in [6.07, 6.45) is 0.313. The maximum Gasteiger partial charge on any atom is 0.343 e. The minimum Gasteiger partial charge on any atom is -0.458 e. The van der Waals surface area contributed by atoms with Gasteiger partial charge in [-0.25, -0.2) is 4.79 Å². The molecule has 1 aliphatic rings. The quantitative estimate of drug-likeness (QED) is 0.660. The van der Waals surface area contributed by atoms with Gasteiger partial charge in [0.15, 0.2) is 5.60 Å². The molecule has 5 heteroatoms. The fourth-order valence-corrected chi connectivity index (χ4v) is 3.42. The molecular weight excluding hydrogens is 258 g/mol. The van der Waals surface area contributed by atoms with Gasteiger partial charge in [-0.15, -0.1) is 0 Å². The molecule has 1 aromatic rings. The molecule has 0 radical (unpaired) electrons. The van der Waals surface area contributed by atoms with Gasteiger partial charge >= 0.3 is 5.97 Å². The van der Waals surface area contributed by atoms with Crippen LogP contribution in [0.5, 0.6) is 0 Å². The first-order valence-corrected chi connectivity index (χ1v) is 10.1. The molecule has 0 aliphatic carbocycles. The van der Waals surface area contributed by atoms with Crippen LogP contribution in [0.2, 0.25) is 19.6 Å². The molecule has 0 fully saturated rings. The molecule has 19 heavy (non-hydrogen) atoms. The maximum absolute atomic E-state index is 11.9. The number of rotatable bonds is 2. The normalized spacial score (nSPS) is 22.9. The molecule has 1 atom stereocenters. The third kappa shape index (κ3) is 2.21. The molecule has 0 unspecified atom stereocenters. The number of hydrogen-bond donors (Lipinski definition) is 1. The van der Waals surface area contributed by atoms with Gasteiger partial charge in [-0.05, 0) is 19.4 Å². The summed E-state index contributed by atoms with van der Waals surface area (Å²) in [5.41, 5.74) is 0.881. The number of ether oxygens (including phenoxy) is 1. The van der Waals surface area contributed by atoms with Gasteiger partial charge in [0, 0.05) is 22.1 Å². The smallest absolute Gasteiger partial charge is 0.343 e. The highest BCUT2D eigenvalue weighted by atomic mass is 28.3. The Bertz CT molecular complexity index is 536. The minimum absolute atomic E-state index is 0.210. The number of aromatic nitrogens is 1. The fraction of sp³-hybridized carbons (Fsp3) is 0.571. The molecule has 1 aromatic heterocycles. The number of fused-ring (bicyclic) bond motifs is 1. The van der Waals surface area contributed by atoms with Crippen LogP contribution in [0, 0.1) is 6.92 Å². The summed E-state index contributed by atoms with van der Waals surface area (Å²) in [5, 5.41) is 11.6. The summed E-state index contributed by atoms with van der Waals surface area (Å²) in [7, 11) is -1.60. The van der Waals surface area contributed by atoms with E-state index in [1.54, 1.807) is 6.92 Å². The van der Waals surface area contributed by atoms with E-state index in [2.05, 4.69) is 24.6 Å². The van der Waals surface area contributed by atoms with Crippen molar-refractivity contribution in [1.29, 1.82) is 0 Å². The van der Waals surface area contributed by atoms with Gasteiger partial charge < -0.3 is 9.84 Å². The summed E-state index contributed by atoms with van der Waals surface area (Å²) < 4.78 is 5.10. The van der Waals surface area contributed by atoms with Crippen LogP contribution in [0.25, 0.3) is 0 Å². The molecule has 4 nitrogen and oxygen atoms in total. The van der Waals surface area contributed by atoms with E-state index < -0.39 is 19.6 Å². The first-order valence-electron chi connectivity index (χ1n) is 6.61. The molecule has 0 saturated heterocycles. The lowest BCUT2D eigenvalue weighted by atomic mass is 9.86. The van der Waals surface area contributed by atoms with Crippen molar-refractivity contribution in [3.8, 4) is 0 Å². The van der Waals surface area contributed by atoms with Crippen molar-refractivity contribution in [1.82, 2.24) is 4.98 Å². The van der Waals surface area contributed by atoms with Crippen molar-refractivity contribution >= 4 is 19.4 Å². The van der Waals surface area contributed by atoms with Gasteiger partial charge in [0.25, 0.3) is 0 Å². The second kappa shape index (κ2) is 4.42. The minimum atomic E-state index is -1.60. The average Bonchev–Trinajstić information content (AvgIpc) is 2.33. The molecule has 104 valence electrons. The molecule has 0 bridgehead atoms. The Balaban J connectivity index is 2.70. The lowest BCUT2D eigenvalue weighted by molar-refractivity contribution is -0.172. The van der Waals surface area contributed by atoms with Crippen molar-refractivity contribution in [2.45, 2.75) is 52.1 Å². The third-order valence-corrected chi connectivity index (χ3v) is 5.54. The summed E-state index contributed by atoms with van der Waals surface area (Å²) in [4.78, 5) is 16.5. The summed E-state index contributed by atoms with van der Waals surface area (Å²) in [6.45, 7) is 10.5. The summed E-state index contributed by atoms with van der Waals surface area (Å²) in [6, 6.07) is 1.92. The van der Waals surface area contributed by atoms with Gasteiger partial charge in [0.1, 0.15) is 14.7 Å². The zero-order valence-electron chi connectivity index (χ0n) is 12.2. The third-order valence-electron chi connectivity index (χ3n) is 3.74. The second-order valence-electron chi connectivity index (χ2n) is 6.16. The SMILES string of the molecule is CC[C@@]1(O)C(=O)OCc2c1cc([Si](C)(C)C)nc2C. The molecule has 0 amide bonds. The predicted molar refractivity (Wildman–Crippen MR) is 75.9 cm³/mol. The molecule has 1 N–H and O–H groups in total. The predicted octanol–water partition coefficient (Wildman–Crippen LogP) is 1.59. The van der Waals surface area contributed by atoms with E-state index in [1.165, 1.54) is 0 Å². The molecular formula is C14H21NO3Si. The number of hydrogen-bond acceptors (Lipinski definition) is 4. The van der Waals surface area contributed by atoms with Crippen molar-refractivity contribution < 1.29 is 14.6 Å². The van der Waals surface area contributed by atoms with Gasteiger partial charge in [0.2, 0.25) is 0 Å². The maximum atomic E-state index is 11.9. The molecule has 0 spiro atoms. The Kier molecular flexibility index (Phi) is 3.31. The molecule has 2 rings (SSSR count). The lowest BCUT2D eigenvalue weighted by Gasteiger charge is -2.33. The van der Waals surface area contributed by atoms with Gasteiger partial charge in [-0.1, -0.05) is 26.6 Å². The zero-order valence-corrected chi connectivity index (χ0v) is 13.2. The van der Waals surface area contributed by atoms with Crippen LogP contribution >= 0.6 is 0 Å². The van der Waals surface area contributed by atoms with Crippen LogP contribution in [0.4, 0.5) is 0 Å². The first-order chi connectivity index (χ1) is 8.70. The Morgan fingerprint density at radius 1 is 1.47 bits per heavy atom. The monoisotopic (exact) mass is 279 g/mol. The van der Waals surface area contributed by atoms with E-state index in [9.17, 15) is 9.90 Å². The summed E-state index contributed by atoms with van der Waals surface area (Å²) >= 11 is 0. The summed E-state index contributed by atoms with van der Waals surface area (Å²) in [5.74, 6) is -0.547. The van der Waals surface area contributed by atoms with Crippen LogP contribution in [0.15, 0.2) is 6.07 Å². The average molecular weight is 279 g/mol. The van der Waals surface area contributed by atoms with Gasteiger partial charge in [-0.2, -0.15) is 0 Å². The number of cyclic esters (lactones) is 1. The fourth-order valence-electron chi connectivity index (χ4n) is 2.34. The molecule has 0 aromatic carbocycles. The molecule has 1 aliphatic heterocycles. The van der Waals surface area contributed by atoms with Crippen LogP contribution in [-0.2, 0) is 21.7 Å². The van der Waals surface area contributed by atoms with Crippen molar-refractivity contribution in [3.63, 3.8) is 0 Å². The number of esters is 1. The number of nitrogens with zero attached hydrogens (tertiary/aromatic N) is 1. The zero-order chi connectivity index (χ0) is 14.4. The van der Waals surface area contributed by atoms with Gasteiger partial charge in [0.05, 0.1) is 0 Å². The van der Waals surface area contributed by atoms with Crippen LogP contribution < -0.4 is 5.32 Å². The van der Waals surface area contributed by atoms with Crippen LogP contribution in [-0.4, -0.2) is 24.1 Å². The Labute approximate surface area is 114 Å². The van der Waals surface area contributed by atoms with E-state index in [0.717, 1.165) is 16.6 Å². The second-order valence-corrected chi connectivity index (χ2v) is 11.2. The van der Waals surface area contributed by atoms with E-state index in [4.69, 9.17) is 4.74 Å². The largest absolute Gasteiger partial charge is 0.458 e. The van der Waals surface area contributed by atoms with Crippen LogP contribution in [0.3, 0.4) is 0 Å². The number of carbonyl (C=O) groups excluding carboxylic acids is 1. The highest BCUT2D eigenvalue weighted by molar-refractivity contribution is 6.88. The lowest BCUT2D eigenvalue weighted by Crippen LogP contribution is -2.46. The number of pyridine rings is 1. The molecule has 2 heterocycles. The highest BCUT2D eigenvalue weighted by Gasteiger charge is 2.44. The Hall–Kier alpha value is -1.20. The van der Waals surface area contributed by atoms with Crippen molar-refractivity contribution in [2.75, 3.05) is 0 Å². The number of carbonyl (C=O) groups is 1. The van der Waals surface area contributed by atoms with Crippen LogP contribution in [0.1, 0.15) is 30.2 Å². The number of aliphatic hydroxyl groups is 1. The van der Waals surface area contributed by atoms with Crippen molar-refractivity contribution in [2.24, 2.45) is 0 Å². The number of aryl methyl sites for hydroxylation is 1. The van der Waals surface area contributed by atoms with E-state index in [-0.39, 0.29) is 6.61 Å².